The lowest BCUT2D eigenvalue weighted by atomic mass is 9.82. The maximum absolute atomic E-state index is 14.4. The third-order valence-corrected chi connectivity index (χ3v) is 7.87. The summed E-state index contributed by atoms with van der Waals surface area (Å²) in [6, 6.07) is 11.0. The summed E-state index contributed by atoms with van der Waals surface area (Å²) in [7, 11) is 0. The lowest BCUT2D eigenvalue weighted by Gasteiger charge is -2.33. The number of carbonyl (C=O) groups is 1. The van der Waals surface area contributed by atoms with Crippen molar-refractivity contribution in [1.82, 2.24) is 14.9 Å². The zero-order valence-corrected chi connectivity index (χ0v) is 20.3. The molecule has 35 heavy (non-hydrogen) atoms. The van der Waals surface area contributed by atoms with Crippen molar-refractivity contribution in [2.75, 3.05) is 0 Å². The number of hydrogen-bond acceptors (Lipinski definition) is 2. The van der Waals surface area contributed by atoms with Gasteiger partial charge in [-0.3, -0.25) is 4.79 Å². The number of hydrogen-bond donors (Lipinski definition) is 1. The molecule has 1 aromatic heterocycles. The molecule has 0 saturated heterocycles. The fraction of sp³-hybridized carbons (Fsp3) is 0.517. The molecule has 1 unspecified atom stereocenters. The Kier molecular flexibility index (Phi) is 7.45. The number of amides is 1. The third-order valence-electron chi connectivity index (χ3n) is 7.87. The molecule has 1 heterocycles. The van der Waals surface area contributed by atoms with Crippen molar-refractivity contribution in [2.24, 2.45) is 5.92 Å². The van der Waals surface area contributed by atoms with Crippen LogP contribution in [0.15, 0.2) is 42.5 Å². The molecule has 3 aromatic rings. The average Bonchev–Trinajstić information content (AvgIpc) is 3.22. The molecule has 4 nitrogen and oxygen atoms in total. The van der Waals surface area contributed by atoms with Crippen LogP contribution in [0, 0.1) is 17.6 Å². The minimum absolute atomic E-state index is 0.0513. The van der Waals surface area contributed by atoms with Gasteiger partial charge in [0.05, 0.1) is 11.0 Å². The second-order valence-corrected chi connectivity index (χ2v) is 10.3. The van der Waals surface area contributed by atoms with Gasteiger partial charge in [0.2, 0.25) is 5.91 Å². The van der Waals surface area contributed by atoms with Gasteiger partial charge in [0.1, 0.15) is 23.5 Å². The fourth-order valence-corrected chi connectivity index (χ4v) is 6.04. The van der Waals surface area contributed by atoms with E-state index in [4.69, 9.17) is 4.98 Å². The van der Waals surface area contributed by atoms with Crippen molar-refractivity contribution in [3.8, 4) is 0 Å². The number of benzene rings is 2. The monoisotopic (exact) mass is 479 g/mol. The van der Waals surface area contributed by atoms with Gasteiger partial charge in [0, 0.05) is 12.5 Å². The smallest absolute Gasteiger partial charge is 0.243 e. The van der Waals surface area contributed by atoms with Gasteiger partial charge >= 0.3 is 0 Å². The van der Waals surface area contributed by atoms with E-state index in [2.05, 4.69) is 5.32 Å². The van der Waals surface area contributed by atoms with Crippen LogP contribution in [0.2, 0.25) is 0 Å². The number of nitrogens with zero attached hydrogens (tertiary/aromatic N) is 2. The normalized spacial score (nSPS) is 18.6. The van der Waals surface area contributed by atoms with Crippen LogP contribution in [-0.2, 0) is 17.6 Å². The SMILES string of the molecule is O=C(NC1CCCCC1)C(C1CCCCC1)n1c(CCc2ccc(F)cc2)nc2ccc(F)cc21. The molecular weight excluding hydrogens is 444 g/mol. The van der Waals surface area contributed by atoms with Crippen molar-refractivity contribution in [3.63, 3.8) is 0 Å². The quantitative estimate of drug-likeness (QED) is 0.411. The standard InChI is InChI=1S/C29H35F2N3O/c30-22-14-11-20(12-15-22)13-18-27-33-25-17-16-23(31)19-26(25)34(27)28(21-7-3-1-4-8-21)29(35)32-24-9-5-2-6-10-24/h11-12,14-17,19,21,24,28H,1-10,13,18H2,(H,32,35). The van der Waals surface area contributed by atoms with Gasteiger partial charge in [-0.1, -0.05) is 50.7 Å². The van der Waals surface area contributed by atoms with Crippen LogP contribution in [0.3, 0.4) is 0 Å². The van der Waals surface area contributed by atoms with Crippen molar-refractivity contribution >= 4 is 16.9 Å². The van der Waals surface area contributed by atoms with E-state index in [0.717, 1.165) is 62.8 Å². The third kappa shape index (κ3) is 5.57. The summed E-state index contributed by atoms with van der Waals surface area (Å²) < 4.78 is 29.8. The summed E-state index contributed by atoms with van der Waals surface area (Å²) in [4.78, 5) is 18.8. The van der Waals surface area contributed by atoms with Crippen LogP contribution in [0.5, 0.6) is 0 Å². The van der Waals surface area contributed by atoms with Crippen LogP contribution in [0.4, 0.5) is 8.78 Å². The van der Waals surface area contributed by atoms with E-state index in [9.17, 15) is 13.6 Å². The first-order valence-electron chi connectivity index (χ1n) is 13.3. The van der Waals surface area contributed by atoms with Gasteiger partial charge in [-0.15, -0.1) is 0 Å². The Morgan fingerprint density at radius 2 is 1.54 bits per heavy atom. The zero-order valence-electron chi connectivity index (χ0n) is 20.3. The Morgan fingerprint density at radius 1 is 0.886 bits per heavy atom. The molecule has 0 spiro atoms. The first-order valence-corrected chi connectivity index (χ1v) is 13.3. The van der Waals surface area contributed by atoms with Crippen molar-refractivity contribution in [1.29, 1.82) is 0 Å². The van der Waals surface area contributed by atoms with Gasteiger partial charge in [-0.25, -0.2) is 13.8 Å². The molecule has 0 bridgehead atoms. The average molecular weight is 480 g/mol. The largest absolute Gasteiger partial charge is 0.352 e. The summed E-state index contributed by atoms with van der Waals surface area (Å²) in [6.07, 6.45) is 12.3. The highest BCUT2D eigenvalue weighted by Gasteiger charge is 2.35. The predicted molar refractivity (Wildman–Crippen MR) is 134 cm³/mol. The predicted octanol–water partition coefficient (Wildman–Crippen LogP) is 6.67. The van der Waals surface area contributed by atoms with E-state index in [0.29, 0.717) is 23.9 Å². The summed E-state index contributed by atoms with van der Waals surface area (Å²) in [6.45, 7) is 0. The number of rotatable bonds is 7. The molecule has 1 atom stereocenters. The van der Waals surface area contributed by atoms with Crippen LogP contribution in [0.1, 0.15) is 81.6 Å². The Hall–Kier alpha value is -2.76. The van der Waals surface area contributed by atoms with E-state index in [1.54, 1.807) is 18.2 Å². The van der Waals surface area contributed by atoms with Crippen molar-refractivity contribution in [2.45, 2.75) is 89.1 Å². The number of imidazole rings is 1. The molecule has 2 fully saturated rings. The maximum Gasteiger partial charge on any atom is 0.243 e. The molecule has 2 aliphatic carbocycles. The molecule has 2 aromatic carbocycles. The molecule has 2 aliphatic rings. The zero-order chi connectivity index (χ0) is 24.2. The molecule has 0 radical (unpaired) electrons. The number of nitrogens with one attached hydrogen (secondary N) is 1. The minimum atomic E-state index is -0.396. The van der Waals surface area contributed by atoms with E-state index in [-0.39, 0.29) is 29.5 Å². The van der Waals surface area contributed by atoms with E-state index in [1.807, 2.05) is 4.57 Å². The van der Waals surface area contributed by atoms with Crippen LogP contribution >= 0.6 is 0 Å². The number of aromatic nitrogens is 2. The molecule has 0 aliphatic heterocycles. The summed E-state index contributed by atoms with van der Waals surface area (Å²) >= 11 is 0. The number of aryl methyl sites for hydroxylation is 2. The van der Waals surface area contributed by atoms with Crippen LogP contribution in [-0.4, -0.2) is 21.5 Å². The first-order chi connectivity index (χ1) is 17.1. The Balaban J connectivity index is 1.52. The van der Waals surface area contributed by atoms with E-state index >= 15 is 0 Å². The topological polar surface area (TPSA) is 46.9 Å². The van der Waals surface area contributed by atoms with Crippen molar-refractivity contribution in [3.05, 3.63) is 65.5 Å². The molecule has 2 saturated carbocycles. The van der Waals surface area contributed by atoms with Gasteiger partial charge in [0.25, 0.3) is 0 Å². The van der Waals surface area contributed by atoms with E-state index in [1.165, 1.54) is 37.1 Å². The summed E-state index contributed by atoms with van der Waals surface area (Å²) in [5.41, 5.74) is 2.41. The maximum atomic E-state index is 14.4. The number of carbonyl (C=O) groups excluding carboxylic acids is 1. The van der Waals surface area contributed by atoms with Crippen molar-refractivity contribution < 1.29 is 13.6 Å². The van der Waals surface area contributed by atoms with Gasteiger partial charge in [-0.05, 0) is 73.9 Å². The van der Waals surface area contributed by atoms with Gasteiger partial charge in [0.15, 0.2) is 0 Å². The lowest BCUT2D eigenvalue weighted by molar-refractivity contribution is -0.127. The second kappa shape index (κ2) is 10.9. The highest BCUT2D eigenvalue weighted by molar-refractivity contribution is 5.85. The Morgan fingerprint density at radius 3 is 2.26 bits per heavy atom. The Bertz CT molecular complexity index is 1140. The van der Waals surface area contributed by atoms with Gasteiger partial charge < -0.3 is 9.88 Å². The van der Waals surface area contributed by atoms with Crippen LogP contribution in [0.25, 0.3) is 11.0 Å². The molecular formula is C29H35F2N3O. The molecule has 1 N–H and O–H groups in total. The highest BCUT2D eigenvalue weighted by Crippen LogP contribution is 2.37. The first kappa shape index (κ1) is 24.0. The minimum Gasteiger partial charge on any atom is -0.352 e. The number of halogens is 2. The fourth-order valence-electron chi connectivity index (χ4n) is 6.04. The van der Waals surface area contributed by atoms with Gasteiger partial charge in [-0.2, -0.15) is 0 Å². The molecule has 1 amide bonds. The second-order valence-electron chi connectivity index (χ2n) is 10.3. The lowest BCUT2D eigenvalue weighted by Crippen LogP contribution is -2.43. The Labute approximate surface area is 206 Å². The van der Waals surface area contributed by atoms with E-state index < -0.39 is 6.04 Å². The number of fused-ring (bicyclic) bond motifs is 1. The molecule has 186 valence electrons. The summed E-state index contributed by atoms with van der Waals surface area (Å²) in [5, 5.41) is 3.37. The highest BCUT2D eigenvalue weighted by atomic mass is 19.1. The summed E-state index contributed by atoms with van der Waals surface area (Å²) in [5.74, 6) is 0.476. The molecule has 6 heteroatoms. The molecule has 5 rings (SSSR count). The van der Waals surface area contributed by atoms with Crippen LogP contribution < -0.4 is 5.32 Å².